The van der Waals surface area contributed by atoms with Crippen molar-refractivity contribution in [2.24, 2.45) is 11.3 Å². The molecule has 0 aromatic heterocycles. The molecular weight excluding hydrogens is 148 g/mol. The number of ketones is 1. The quantitative estimate of drug-likeness (QED) is 0.503. The van der Waals surface area contributed by atoms with Crippen molar-refractivity contribution in [2.45, 2.75) is 39.5 Å². The molecule has 1 nitrogen and oxygen atoms in total. The molecule has 1 fully saturated rings. The third-order valence-corrected chi connectivity index (χ3v) is 3.65. The van der Waals surface area contributed by atoms with E-state index in [4.69, 9.17) is 0 Å². The summed E-state index contributed by atoms with van der Waals surface area (Å²) in [7, 11) is 0. The van der Waals surface area contributed by atoms with Gasteiger partial charge in [-0.2, -0.15) is 0 Å². The van der Waals surface area contributed by atoms with Gasteiger partial charge in [0.25, 0.3) is 0 Å². The van der Waals surface area contributed by atoms with Crippen LogP contribution < -0.4 is 0 Å². The van der Waals surface area contributed by atoms with E-state index >= 15 is 0 Å². The Kier molecular flexibility index (Phi) is 1.64. The minimum atomic E-state index is 0.0127. The number of hydrogen-bond acceptors (Lipinski definition) is 1. The summed E-state index contributed by atoms with van der Waals surface area (Å²) in [6.07, 6.45) is 6.40. The molecule has 0 heterocycles. The van der Waals surface area contributed by atoms with Crippen molar-refractivity contribution in [1.29, 1.82) is 0 Å². The number of allylic oxidation sites excluding steroid dienone is 2. The van der Waals surface area contributed by atoms with Gasteiger partial charge in [0.05, 0.1) is 0 Å². The van der Waals surface area contributed by atoms with Gasteiger partial charge in [-0.1, -0.05) is 18.6 Å². The van der Waals surface area contributed by atoms with Crippen molar-refractivity contribution in [3.63, 3.8) is 0 Å². The van der Waals surface area contributed by atoms with Gasteiger partial charge in [0, 0.05) is 11.8 Å². The summed E-state index contributed by atoms with van der Waals surface area (Å²) in [6, 6.07) is 0. The maximum absolute atomic E-state index is 11.6. The van der Waals surface area contributed by atoms with Crippen molar-refractivity contribution < 1.29 is 4.79 Å². The summed E-state index contributed by atoms with van der Waals surface area (Å²) in [4.78, 5) is 11.6. The summed E-state index contributed by atoms with van der Waals surface area (Å²) >= 11 is 0. The second-order valence-electron chi connectivity index (χ2n) is 4.54. The zero-order valence-electron chi connectivity index (χ0n) is 7.89. The minimum absolute atomic E-state index is 0.0127. The third-order valence-electron chi connectivity index (χ3n) is 3.65. The predicted octanol–water partition coefficient (Wildman–Crippen LogP) is 2.71. The van der Waals surface area contributed by atoms with Crippen LogP contribution in [0.15, 0.2) is 11.6 Å². The van der Waals surface area contributed by atoms with Gasteiger partial charge in [0.15, 0.2) is 0 Å². The lowest BCUT2D eigenvalue weighted by atomic mass is 9.70. The van der Waals surface area contributed by atoms with Gasteiger partial charge in [0.1, 0.15) is 5.78 Å². The SMILES string of the molecule is CC1=CCC2CCC(=O)C2(C)C1. The van der Waals surface area contributed by atoms with Crippen LogP contribution in [0.3, 0.4) is 0 Å². The third kappa shape index (κ3) is 0.954. The topological polar surface area (TPSA) is 17.1 Å². The van der Waals surface area contributed by atoms with E-state index in [9.17, 15) is 4.79 Å². The molecule has 0 aromatic rings. The molecule has 0 amide bonds. The van der Waals surface area contributed by atoms with Gasteiger partial charge < -0.3 is 0 Å². The average Bonchev–Trinajstić information content (AvgIpc) is 2.28. The van der Waals surface area contributed by atoms with Gasteiger partial charge in [-0.3, -0.25) is 4.79 Å². The van der Waals surface area contributed by atoms with E-state index in [1.165, 1.54) is 5.57 Å². The second kappa shape index (κ2) is 2.45. The van der Waals surface area contributed by atoms with E-state index in [-0.39, 0.29) is 5.41 Å². The van der Waals surface area contributed by atoms with Crippen LogP contribution in [0, 0.1) is 11.3 Å². The highest BCUT2D eigenvalue weighted by Gasteiger charge is 2.46. The molecule has 2 aliphatic rings. The number of hydrogen-bond donors (Lipinski definition) is 0. The Morgan fingerprint density at radius 1 is 1.58 bits per heavy atom. The summed E-state index contributed by atoms with van der Waals surface area (Å²) in [5, 5.41) is 0. The molecule has 0 saturated heterocycles. The van der Waals surface area contributed by atoms with Crippen molar-refractivity contribution in [1.82, 2.24) is 0 Å². The lowest BCUT2D eigenvalue weighted by molar-refractivity contribution is -0.126. The van der Waals surface area contributed by atoms with Crippen LogP contribution >= 0.6 is 0 Å². The molecule has 2 aliphatic carbocycles. The minimum Gasteiger partial charge on any atom is -0.299 e. The number of carbonyl (C=O) groups is 1. The van der Waals surface area contributed by atoms with Crippen LogP contribution in [0.1, 0.15) is 39.5 Å². The van der Waals surface area contributed by atoms with Crippen LogP contribution in [0.5, 0.6) is 0 Å². The molecule has 0 aliphatic heterocycles. The summed E-state index contributed by atoms with van der Waals surface area (Å²) < 4.78 is 0. The fourth-order valence-corrected chi connectivity index (χ4v) is 2.75. The van der Waals surface area contributed by atoms with E-state index in [0.717, 1.165) is 25.7 Å². The van der Waals surface area contributed by atoms with Crippen LogP contribution in [0.25, 0.3) is 0 Å². The molecular formula is C11H16O. The number of fused-ring (bicyclic) bond motifs is 1. The maximum Gasteiger partial charge on any atom is 0.139 e. The first-order valence-electron chi connectivity index (χ1n) is 4.82. The normalized spacial score (nSPS) is 41.0. The van der Waals surface area contributed by atoms with Gasteiger partial charge in [-0.25, -0.2) is 0 Å². The Labute approximate surface area is 73.8 Å². The molecule has 1 saturated carbocycles. The first-order chi connectivity index (χ1) is 5.63. The summed E-state index contributed by atoms with van der Waals surface area (Å²) in [5.74, 6) is 1.15. The predicted molar refractivity (Wildman–Crippen MR) is 48.8 cm³/mol. The highest BCUT2D eigenvalue weighted by Crippen LogP contribution is 2.49. The van der Waals surface area contributed by atoms with Gasteiger partial charge >= 0.3 is 0 Å². The van der Waals surface area contributed by atoms with Gasteiger partial charge in [0.2, 0.25) is 0 Å². The molecule has 2 atom stereocenters. The van der Waals surface area contributed by atoms with E-state index in [1.54, 1.807) is 0 Å². The lowest BCUT2D eigenvalue weighted by Gasteiger charge is -2.33. The van der Waals surface area contributed by atoms with Crippen LogP contribution in [-0.2, 0) is 4.79 Å². The summed E-state index contributed by atoms with van der Waals surface area (Å²) in [6.45, 7) is 4.30. The number of Topliss-reactive ketones (excluding diaryl/α,β-unsaturated/α-hetero) is 1. The fourth-order valence-electron chi connectivity index (χ4n) is 2.75. The van der Waals surface area contributed by atoms with E-state index in [0.29, 0.717) is 11.7 Å². The zero-order chi connectivity index (χ0) is 8.77. The molecule has 0 spiro atoms. The standard InChI is InChI=1S/C11H16O/c1-8-3-4-9-5-6-10(12)11(9,2)7-8/h3,9H,4-7H2,1-2H3. The average molecular weight is 164 g/mol. The molecule has 66 valence electrons. The number of rotatable bonds is 0. The van der Waals surface area contributed by atoms with Crippen molar-refractivity contribution in [3.8, 4) is 0 Å². The highest BCUT2D eigenvalue weighted by molar-refractivity contribution is 5.87. The van der Waals surface area contributed by atoms with Gasteiger partial charge in [-0.05, 0) is 32.1 Å². The highest BCUT2D eigenvalue weighted by atomic mass is 16.1. The smallest absolute Gasteiger partial charge is 0.139 e. The van der Waals surface area contributed by atoms with E-state index in [1.807, 2.05) is 0 Å². The molecule has 0 aromatic carbocycles. The molecule has 0 radical (unpaired) electrons. The molecule has 0 bridgehead atoms. The van der Waals surface area contributed by atoms with Crippen molar-refractivity contribution in [3.05, 3.63) is 11.6 Å². The van der Waals surface area contributed by atoms with E-state index in [2.05, 4.69) is 19.9 Å². The maximum atomic E-state index is 11.6. The Hall–Kier alpha value is -0.590. The molecule has 12 heavy (non-hydrogen) atoms. The second-order valence-corrected chi connectivity index (χ2v) is 4.54. The van der Waals surface area contributed by atoms with Crippen molar-refractivity contribution in [2.75, 3.05) is 0 Å². The monoisotopic (exact) mass is 164 g/mol. The Morgan fingerprint density at radius 2 is 2.33 bits per heavy atom. The molecule has 0 N–H and O–H groups in total. The number of carbonyl (C=O) groups excluding carboxylic acids is 1. The first-order valence-corrected chi connectivity index (χ1v) is 4.82. The molecule has 1 heteroatoms. The first kappa shape index (κ1) is 8.03. The Bertz CT molecular complexity index is 252. The summed E-state index contributed by atoms with van der Waals surface area (Å²) in [5.41, 5.74) is 1.42. The Balaban J connectivity index is 2.31. The lowest BCUT2D eigenvalue weighted by Crippen LogP contribution is -2.31. The van der Waals surface area contributed by atoms with Crippen molar-refractivity contribution >= 4 is 5.78 Å². The van der Waals surface area contributed by atoms with Crippen LogP contribution in [0.2, 0.25) is 0 Å². The van der Waals surface area contributed by atoms with Crippen LogP contribution in [0.4, 0.5) is 0 Å². The Morgan fingerprint density at radius 3 is 3.08 bits per heavy atom. The zero-order valence-corrected chi connectivity index (χ0v) is 7.89. The van der Waals surface area contributed by atoms with Crippen LogP contribution in [-0.4, -0.2) is 5.78 Å². The van der Waals surface area contributed by atoms with Gasteiger partial charge in [-0.15, -0.1) is 0 Å². The molecule has 2 rings (SSSR count). The fraction of sp³-hybridized carbons (Fsp3) is 0.727. The van der Waals surface area contributed by atoms with E-state index < -0.39 is 0 Å². The molecule has 2 unspecified atom stereocenters. The largest absolute Gasteiger partial charge is 0.299 e.